The lowest BCUT2D eigenvalue weighted by molar-refractivity contribution is 0.261. The molecule has 0 aromatic heterocycles. The SMILES string of the molecule is Cc1cccc(CNc2ccc(OCCN(C)C)cc2)c1. The Kier molecular flexibility index (Phi) is 5.64. The van der Waals surface area contributed by atoms with Gasteiger partial charge in [0.1, 0.15) is 12.4 Å². The van der Waals surface area contributed by atoms with Crippen LogP contribution >= 0.6 is 0 Å². The Hall–Kier alpha value is -2.00. The highest BCUT2D eigenvalue weighted by atomic mass is 16.5. The normalized spacial score (nSPS) is 10.7. The standard InChI is InChI=1S/C18H24N2O/c1-15-5-4-6-16(13-15)14-19-17-7-9-18(10-8-17)21-12-11-20(2)3/h4-10,13,19H,11-12,14H2,1-3H3. The second-order valence-corrected chi connectivity index (χ2v) is 5.52. The van der Waals surface area contributed by atoms with Crippen LogP contribution in [0.15, 0.2) is 48.5 Å². The van der Waals surface area contributed by atoms with E-state index in [0.29, 0.717) is 6.61 Å². The zero-order chi connectivity index (χ0) is 15.1. The molecule has 0 aliphatic rings. The lowest BCUT2D eigenvalue weighted by Gasteiger charge is -2.12. The minimum absolute atomic E-state index is 0.711. The smallest absolute Gasteiger partial charge is 0.119 e. The van der Waals surface area contributed by atoms with Crippen LogP contribution in [0, 0.1) is 6.92 Å². The summed E-state index contributed by atoms with van der Waals surface area (Å²) in [4.78, 5) is 2.11. The molecule has 2 aromatic carbocycles. The summed E-state index contributed by atoms with van der Waals surface area (Å²) in [5.41, 5.74) is 3.69. The van der Waals surface area contributed by atoms with Crippen LogP contribution in [-0.4, -0.2) is 32.1 Å². The van der Waals surface area contributed by atoms with Crippen molar-refractivity contribution in [2.24, 2.45) is 0 Å². The monoisotopic (exact) mass is 284 g/mol. The van der Waals surface area contributed by atoms with E-state index in [1.807, 2.05) is 26.2 Å². The first-order valence-corrected chi connectivity index (χ1v) is 7.30. The van der Waals surface area contributed by atoms with Gasteiger partial charge in [-0.05, 0) is 50.8 Å². The molecule has 112 valence electrons. The Labute approximate surface area is 127 Å². The van der Waals surface area contributed by atoms with Crippen molar-refractivity contribution in [2.75, 3.05) is 32.6 Å². The van der Waals surface area contributed by atoms with Gasteiger partial charge < -0.3 is 15.0 Å². The van der Waals surface area contributed by atoms with Gasteiger partial charge in [0, 0.05) is 18.8 Å². The Morgan fingerprint density at radius 3 is 2.48 bits per heavy atom. The molecular weight excluding hydrogens is 260 g/mol. The van der Waals surface area contributed by atoms with Crippen LogP contribution in [0.3, 0.4) is 0 Å². The number of ether oxygens (including phenoxy) is 1. The third-order valence-electron chi connectivity index (χ3n) is 3.24. The average molecular weight is 284 g/mol. The van der Waals surface area contributed by atoms with Gasteiger partial charge in [-0.3, -0.25) is 0 Å². The Bertz CT molecular complexity index is 549. The van der Waals surface area contributed by atoms with Gasteiger partial charge >= 0.3 is 0 Å². The predicted molar refractivity (Wildman–Crippen MR) is 89.0 cm³/mol. The molecule has 0 unspecified atom stereocenters. The summed E-state index contributed by atoms with van der Waals surface area (Å²) >= 11 is 0. The number of nitrogens with one attached hydrogen (secondary N) is 1. The number of aryl methyl sites for hydroxylation is 1. The minimum Gasteiger partial charge on any atom is -0.492 e. The zero-order valence-corrected chi connectivity index (χ0v) is 13.1. The van der Waals surface area contributed by atoms with Gasteiger partial charge in [-0.15, -0.1) is 0 Å². The first-order valence-electron chi connectivity index (χ1n) is 7.30. The molecule has 0 radical (unpaired) electrons. The Morgan fingerprint density at radius 1 is 1.05 bits per heavy atom. The first-order chi connectivity index (χ1) is 10.1. The van der Waals surface area contributed by atoms with E-state index in [4.69, 9.17) is 4.74 Å². The number of likely N-dealkylation sites (N-methyl/N-ethyl adjacent to an activating group) is 1. The maximum atomic E-state index is 5.68. The number of hydrogen-bond donors (Lipinski definition) is 1. The summed E-state index contributed by atoms with van der Waals surface area (Å²) in [6, 6.07) is 16.7. The van der Waals surface area contributed by atoms with Gasteiger partial charge in [-0.25, -0.2) is 0 Å². The van der Waals surface area contributed by atoms with Crippen molar-refractivity contribution in [3.63, 3.8) is 0 Å². The molecule has 3 heteroatoms. The van der Waals surface area contributed by atoms with Gasteiger partial charge in [0.05, 0.1) is 0 Å². The molecule has 2 aromatic rings. The van der Waals surface area contributed by atoms with E-state index in [2.05, 4.69) is 53.5 Å². The molecule has 0 atom stereocenters. The number of anilines is 1. The van der Waals surface area contributed by atoms with Gasteiger partial charge in [-0.2, -0.15) is 0 Å². The lowest BCUT2D eigenvalue weighted by Crippen LogP contribution is -2.19. The summed E-state index contributed by atoms with van der Waals surface area (Å²) in [6.45, 7) is 4.59. The minimum atomic E-state index is 0.711. The highest BCUT2D eigenvalue weighted by Gasteiger charge is 1.97. The van der Waals surface area contributed by atoms with Crippen LogP contribution in [0.4, 0.5) is 5.69 Å². The molecule has 3 nitrogen and oxygen atoms in total. The van der Waals surface area contributed by atoms with Crippen molar-refractivity contribution >= 4 is 5.69 Å². The molecule has 0 amide bonds. The molecule has 0 fully saturated rings. The number of hydrogen-bond acceptors (Lipinski definition) is 3. The van der Waals surface area contributed by atoms with Crippen LogP contribution in [0.2, 0.25) is 0 Å². The fourth-order valence-electron chi connectivity index (χ4n) is 2.04. The van der Waals surface area contributed by atoms with E-state index >= 15 is 0 Å². The van der Waals surface area contributed by atoms with Crippen molar-refractivity contribution in [3.8, 4) is 5.75 Å². The highest BCUT2D eigenvalue weighted by Crippen LogP contribution is 2.16. The molecule has 0 saturated carbocycles. The highest BCUT2D eigenvalue weighted by molar-refractivity contribution is 5.46. The number of nitrogens with zero attached hydrogens (tertiary/aromatic N) is 1. The summed E-state index contributed by atoms with van der Waals surface area (Å²) in [5.74, 6) is 0.915. The van der Waals surface area contributed by atoms with E-state index in [9.17, 15) is 0 Å². The fraction of sp³-hybridized carbons (Fsp3) is 0.333. The molecule has 0 bridgehead atoms. The second kappa shape index (κ2) is 7.70. The molecule has 1 N–H and O–H groups in total. The van der Waals surface area contributed by atoms with Gasteiger partial charge in [0.2, 0.25) is 0 Å². The van der Waals surface area contributed by atoms with Crippen molar-refractivity contribution in [1.82, 2.24) is 4.90 Å². The molecule has 2 rings (SSSR count). The van der Waals surface area contributed by atoms with Crippen molar-refractivity contribution < 1.29 is 4.74 Å². The second-order valence-electron chi connectivity index (χ2n) is 5.52. The van der Waals surface area contributed by atoms with E-state index in [-0.39, 0.29) is 0 Å². The number of benzene rings is 2. The summed E-state index contributed by atoms with van der Waals surface area (Å²) < 4.78 is 5.68. The molecule has 0 aliphatic heterocycles. The van der Waals surface area contributed by atoms with Gasteiger partial charge in [0.25, 0.3) is 0 Å². The number of rotatable bonds is 7. The molecule has 21 heavy (non-hydrogen) atoms. The fourth-order valence-corrected chi connectivity index (χ4v) is 2.04. The Morgan fingerprint density at radius 2 is 1.81 bits per heavy atom. The largest absolute Gasteiger partial charge is 0.492 e. The maximum absolute atomic E-state index is 5.68. The molecule has 0 heterocycles. The molecular formula is C18H24N2O. The van der Waals surface area contributed by atoms with E-state index in [1.165, 1.54) is 11.1 Å². The molecule has 0 spiro atoms. The molecule has 0 aliphatic carbocycles. The van der Waals surface area contributed by atoms with E-state index in [0.717, 1.165) is 24.5 Å². The summed E-state index contributed by atoms with van der Waals surface area (Å²) in [7, 11) is 4.09. The van der Waals surface area contributed by atoms with Crippen LogP contribution in [0.5, 0.6) is 5.75 Å². The van der Waals surface area contributed by atoms with Crippen molar-refractivity contribution in [2.45, 2.75) is 13.5 Å². The first kappa shape index (κ1) is 15.4. The zero-order valence-electron chi connectivity index (χ0n) is 13.1. The maximum Gasteiger partial charge on any atom is 0.119 e. The van der Waals surface area contributed by atoms with Crippen LogP contribution in [-0.2, 0) is 6.54 Å². The van der Waals surface area contributed by atoms with Gasteiger partial charge in [0.15, 0.2) is 0 Å². The molecule has 0 saturated heterocycles. The van der Waals surface area contributed by atoms with Crippen LogP contribution in [0.25, 0.3) is 0 Å². The van der Waals surface area contributed by atoms with Gasteiger partial charge in [-0.1, -0.05) is 29.8 Å². The summed E-state index contributed by atoms with van der Waals surface area (Å²) in [5, 5.41) is 3.43. The van der Waals surface area contributed by atoms with Crippen molar-refractivity contribution in [3.05, 3.63) is 59.7 Å². The summed E-state index contributed by atoms with van der Waals surface area (Å²) in [6.07, 6.45) is 0. The third-order valence-corrected chi connectivity index (χ3v) is 3.24. The lowest BCUT2D eigenvalue weighted by atomic mass is 10.1. The van der Waals surface area contributed by atoms with Crippen LogP contribution < -0.4 is 10.1 Å². The van der Waals surface area contributed by atoms with E-state index in [1.54, 1.807) is 0 Å². The third kappa shape index (κ3) is 5.48. The quantitative estimate of drug-likeness (QED) is 0.841. The Balaban J connectivity index is 1.82. The average Bonchev–Trinajstić information content (AvgIpc) is 2.46. The van der Waals surface area contributed by atoms with E-state index < -0.39 is 0 Å². The predicted octanol–water partition coefficient (Wildman–Crippen LogP) is 3.55. The topological polar surface area (TPSA) is 24.5 Å². The van der Waals surface area contributed by atoms with Crippen molar-refractivity contribution in [1.29, 1.82) is 0 Å². The van der Waals surface area contributed by atoms with Crippen LogP contribution in [0.1, 0.15) is 11.1 Å².